The van der Waals surface area contributed by atoms with Crippen molar-refractivity contribution in [3.05, 3.63) is 12.2 Å². The molecule has 0 bridgehead atoms. The average molecular weight is 550 g/mol. The molecule has 5 rings (SSSR count). The maximum absolute atomic E-state index is 13.4. The molecule has 2 N–H and O–H groups in total. The van der Waals surface area contributed by atoms with Gasteiger partial charge in [0.2, 0.25) is 0 Å². The highest BCUT2D eigenvalue weighted by atomic mass is 32.2. The van der Waals surface area contributed by atoms with Crippen LogP contribution in [-0.4, -0.2) is 27.6 Å². The van der Waals surface area contributed by atoms with Crippen molar-refractivity contribution < 1.29 is 22.1 Å². The molecule has 5 fully saturated rings. The number of fused-ring (bicyclic) bond motifs is 7. The van der Waals surface area contributed by atoms with Crippen LogP contribution in [0.25, 0.3) is 0 Å². The largest absolute Gasteiger partial charge is 0.469 e. The summed E-state index contributed by atoms with van der Waals surface area (Å²) in [5, 5.41) is 5.33. The molecule has 0 spiro atoms. The molecule has 5 aliphatic carbocycles. The fourth-order valence-electron chi connectivity index (χ4n) is 12.0. The Hall–Kier alpha value is -0.920. The van der Waals surface area contributed by atoms with Gasteiger partial charge in [0, 0.05) is 0 Å². The second-order valence-electron chi connectivity index (χ2n) is 15.3. The molecule has 0 amide bonds. The van der Waals surface area contributed by atoms with E-state index in [2.05, 4.69) is 48.1 Å². The van der Waals surface area contributed by atoms with Crippen LogP contribution in [0.5, 0.6) is 0 Å². The molecule has 0 saturated heterocycles. The molecule has 10 atom stereocenters. The van der Waals surface area contributed by atoms with Gasteiger partial charge >= 0.3 is 16.3 Å². The van der Waals surface area contributed by atoms with Crippen molar-refractivity contribution >= 4 is 16.3 Å². The second-order valence-corrected chi connectivity index (χ2v) is 16.4. The minimum Gasteiger partial charge on any atom is -0.469 e. The quantitative estimate of drug-likeness (QED) is 0.323. The Morgan fingerprint density at radius 3 is 2.16 bits per heavy atom. The molecule has 0 aliphatic heterocycles. The number of carbonyl (C=O) groups excluding carboxylic acids is 1. The van der Waals surface area contributed by atoms with Gasteiger partial charge in [0.25, 0.3) is 0 Å². The van der Waals surface area contributed by atoms with Gasteiger partial charge in [-0.2, -0.15) is 8.42 Å². The molecule has 6 nitrogen and oxygen atoms in total. The first-order chi connectivity index (χ1) is 17.5. The molecule has 0 aromatic rings. The third-order valence-electron chi connectivity index (χ3n) is 13.8. The van der Waals surface area contributed by atoms with Crippen molar-refractivity contribution in [3.63, 3.8) is 0 Å². The molecule has 0 heterocycles. The number of nitrogens with two attached hydrogens (primary N) is 1. The lowest BCUT2D eigenvalue weighted by atomic mass is 9.32. The van der Waals surface area contributed by atoms with Crippen LogP contribution in [0.4, 0.5) is 0 Å². The van der Waals surface area contributed by atoms with E-state index in [1.54, 1.807) is 7.11 Å². The fraction of sp³-hybridized carbons (Fsp3) is 0.903. The maximum Gasteiger partial charge on any atom is 0.333 e. The summed E-state index contributed by atoms with van der Waals surface area (Å²) in [6.07, 6.45) is 9.76. The van der Waals surface area contributed by atoms with E-state index >= 15 is 0 Å². The normalized spacial score (nSPS) is 49.7. The molecular weight excluding hydrogens is 498 g/mol. The van der Waals surface area contributed by atoms with Crippen LogP contribution in [-0.2, 0) is 24.0 Å². The van der Waals surface area contributed by atoms with Gasteiger partial charge in [-0.25, -0.2) is 5.14 Å². The summed E-state index contributed by atoms with van der Waals surface area (Å²) in [6, 6.07) is 0. The van der Waals surface area contributed by atoms with Gasteiger partial charge in [0.15, 0.2) is 0 Å². The Kier molecular flexibility index (Phi) is 6.61. The van der Waals surface area contributed by atoms with E-state index in [9.17, 15) is 13.2 Å². The Morgan fingerprint density at radius 2 is 1.55 bits per heavy atom. The summed E-state index contributed by atoms with van der Waals surface area (Å²) in [6.45, 7) is 18.6. The molecule has 0 aromatic heterocycles. The monoisotopic (exact) mass is 549 g/mol. The van der Waals surface area contributed by atoms with Gasteiger partial charge in [-0.05, 0) is 122 Å². The van der Waals surface area contributed by atoms with Crippen LogP contribution in [0.2, 0.25) is 0 Å². The summed E-state index contributed by atoms with van der Waals surface area (Å²) >= 11 is 0. The first-order valence-corrected chi connectivity index (χ1v) is 16.4. The Morgan fingerprint density at radius 1 is 0.868 bits per heavy atom. The first kappa shape index (κ1) is 28.6. The van der Waals surface area contributed by atoms with Crippen LogP contribution < -0.4 is 5.14 Å². The van der Waals surface area contributed by atoms with Crippen LogP contribution in [0.3, 0.4) is 0 Å². The van der Waals surface area contributed by atoms with Crippen molar-refractivity contribution in [1.82, 2.24) is 0 Å². The summed E-state index contributed by atoms with van der Waals surface area (Å²) in [5.74, 6) is 2.11. The molecule has 0 unspecified atom stereocenters. The average Bonchev–Trinajstić information content (AvgIpc) is 3.21. The third-order valence-corrected chi connectivity index (χ3v) is 14.3. The maximum atomic E-state index is 13.4. The van der Waals surface area contributed by atoms with Gasteiger partial charge in [-0.1, -0.05) is 46.8 Å². The molecule has 5 aliphatic rings. The van der Waals surface area contributed by atoms with Crippen molar-refractivity contribution in [2.75, 3.05) is 7.11 Å². The number of rotatable bonds is 4. The lowest BCUT2D eigenvalue weighted by molar-refractivity contribution is -0.246. The zero-order chi connectivity index (χ0) is 28.1. The van der Waals surface area contributed by atoms with Gasteiger partial charge in [-0.3, -0.25) is 8.98 Å². The van der Waals surface area contributed by atoms with E-state index in [1.165, 1.54) is 5.57 Å². The predicted molar refractivity (Wildman–Crippen MR) is 149 cm³/mol. The zero-order valence-corrected chi connectivity index (χ0v) is 25.6. The van der Waals surface area contributed by atoms with Gasteiger partial charge in [0.1, 0.15) is 0 Å². The van der Waals surface area contributed by atoms with Crippen molar-refractivity contribution in [2.45, 2.75) is 112 Å². The molecule has 7 heteroatoms. The summed E-state index contributed by atoms with van der Waals surface area (Å²) in [4.78, 5) is 13.4. The van der Waals surface area contributed by atoms with E-state index in [-0.39, 0.29) is 39.1 Å². The number of methoxy groups -OCH3 is 1. The highest BCUT2D eigenvalue weighted by Gasteiger charge is 2.72. The Balaban J connectivity index is 1.52. The third kappa shape index (κ3) is 3.69. The molecular formula is C31H51NO5S. The van der Waals surface area contributed by atoms with Crippen LogP contribution in [0.15, 0.2) is 12.2 Å². The number of esters is 1. The van der Waals surface area contributed by atoms with E-state index in [4.69, 9.17) is 14.1 Å². The number of hydrogen-bond donors (Lipinski definition) is 1. The number of carbonyl (C=O) groups is 1. The van der Waals surface area contributed by atoms with E-state index in [1.807, 2.05) is 0 Å². The summed E-state index contributed by atoms with van der Waals surface area (Å²) < 4.78 is 34.7. The lowest BCUT2D eigenvalue weighted by Crippen LogP contribution is -2.67. The van der Waals surface area contributed by atoms with E-state index in [0.29, 0.717) is 29.6 Å². The number of ether oxygens (including phenoxy) is 1. The topological polar surface area (TPSA) is 95.7 Å². The van der Waals surface area contributed by atoms with Crippen molar-refractivity contribution in [2.24, 2.45) is 61.8 Å². The highest BCUT2D eigenvalue weighted by molar-refractivity contribution is 7.84. The Bertz CT molecular complexity index is 1120. The lowest BCUT2D eigenvalue weighted by Gasteiger charge is -2.72. The second kappa shape index (κ2) is 8.79. The standard InChI is InChI=1S/C31H51NO5S/c1-19(2)20-11-16-31(26(33)36-8)18-17-29(6)21(25(20)31)9-10-23-28(5)14-13-24(37-38(32,34)35)27(3,4)22(28)12-15-30(23,29)7/h20-25H,1,9-18H2,2-8H3,(H2,32,34,35)/t20-,21+,22-,23+,24-,25+,28-,29+,30+,31-/m0/s1. The minimum atomic E-state index is -3.99. The van der Waals surface area contributed by atoms with Crippen molar-refractivity contribution in [3.8, 4) is 0 Å². The van der Waals surface area contributed by atoms with Crippen LogP contribution >= 0.6 is 0 Å². The minimum absolute atomic E-state index is 0.00572. The molecule has 0 aromatic carbocycles. The summed E-state index contributed by atoms with van der Waals surface area (Å²) in [7, 11) is -2.43. The predicted octanol–water partition coefficient (Wildman–Crippen LogP) is 6.41. The number of allylic oxidation sites excluding steroid dienone is 1. The smallest absolute Gasteiger partial charge is 0.333 e. The zero-order valence-electron chi connectivity index (χ0n) is 24.8. The van der Waals surface area contributed by atoms with Crippen molar-refractivity contribution in [1.29, 1.82) is 0 Å². The fourth-order valence-corrected chi connectivity index (χ4v) is 12.7. The van der Waals surface area contributed by atoms with Crippen LogP contribution in [0, 0.1) is 56.7 Å². The van der Waals surface area contributed by atoms with Gasteiger partial charge in [-0.15, -0.1) is 0 Å². The first-order valence-electron chi connectivity index (χ1n) is 14.9. The molecule has 38 heavy (non-hydrogen) atoms. The van der Waals surface area contributed by atoms with E-state index < -0.39 is 10.3 Å². The molecule has 5 saturated carbocycles. The Labute approximate surface area is 231 Å². The summed E-state index contributed by atoms with van der Waals surface area (Å²) in [5.41, 5.74) is 1.00. The van der Waals surface area contributed by atoms with E-state index in [0.717, 1.165) is 64.2 Å². The highest BCUT2D eigenvalue weighted by Crippen LogP contribution is 2.77. The SMILES string of the molecule is C=C(C)[C@@H]1CC[C@]2(C(=O)OC)CC[C@]3(C)[C@H](CC[C@@H]4[C@@]5(C)CC[C@H](OS(N)(=O)=O)C(C)(C)[C@@H]5CC[C@]43C)[C@@H]12. The number of hydrogen-bond acceptors (Lipinski definition) is 5. The van der Waals surface area contributed by atoms with Gasteiger partial charge < -0.3 is 4.74 Å². The van der Waals surface area contributed by atoms with Crippen LogP contribution in [0.1, 0.15) is 106 Å². The van der Waals surface area contributed by atoms with Gasteiger partial charge in [0.05, 0.1) is 18.6 Å². The molecule has 0 radical (unpaired) electrons. The molecule has 216 valence electrons.